The van der Waals surface area contributed by atoms with Gasteiger partial charge in [0.15, 0.2) is 5.13 Å². The van der Waals surface area contributed by atoms with E-state index < -0.39 is 0 Å². The Morgan fingerprint density at radius 3 is 2.88 bits per heavy atom. The van der Waals surface area contributed by atoms with E-state index in [9.17, 15) is 4.79 Å². The van der Waals surface area contributed by atoms with Crippen LogP contribution in [0, 0.1) is 0 Å². The Labute approximate surface area is 155 Å². The number of hydrogen-bond donors (Lipinski definition) is 0. The number of benzene rings is 1. The zero-order valence-electron chi connectivity index (χ0n) is 14.9. The molecule has 0 unspecified atom stereocenters. The first kappa shape index (κ1) is 16.8. The molecule has 1 aliphatic rings. The van der Waals surface area contributed by atoms with Crippen LogP contribution in [0.2, 0.25) is 0 Å². The third kappa shape index (κ3) is 3.24. The monoisotopic (exact) mass is 371 g/mol. The van der Waals surface area contributed by atoms with Gasteiger partial charge in [-0.25, -0.2) is 4.98 Å². The topological polar surface area (TPSA) is 63.5 Å². The van der Waals surface area contributed by atoms with Gasteiger partial charge in [-0.15, -0.1) is 0 Å². The number of aryl methyl sites for hydroxylation is 1. The molecule has 1 saturated heterocycles. The largest absolute Gasteiger partial charge is 0.497 e. The molecule has 0 radical (unpaired) electrons. The average molecular weight is 371 g/mol. The fourth-order valence-corrected chi connectivity index (χ4v) is 4.18. The Morgan fingerprint density at radius 2 is 2.12 bits per heavy atom. The number of hydrogen-bond acceptors (Lipinski definition) is 6. The average Bonchev–Trinajstić information content (AvgIpc) is 3.19. The third-order valence-electron chi connectivity index (χ3n) is 4.59. The molecule has 1 aromatic carbocycles. The van der Waals surface area contributed by atoms with Gasteiger partial charge in [-0.1, -0.05) is 11.3 Å². The number of amides is 1. The molecular weight excluding hydrogens is 350 g/mol. The van der Waals surface area contributed by atoms with Crippen LogP contribution >= 0.6 is 11.3 Å². The maximum atomic E-state index is 12.6. The Hall–Kier alpha value is -2.61. The van der Waals surface area contributed by atoms with Crippen molar-refractivity contribution in [1.29, 1.82) is 0 Å². The lowest BCUT2D eigenvalue weighted by molar-refractivity contribution is 0.0767. The molecule has 3 aromatic rings. The van der Waals surface area contributed by atoms with Gasteiger partial charge in [-0.2, -0.15) is 5.10 Å². The van der Waals surface area contributed by atoms with Gasteiger partial charge in [0.1, 0.15) is 5.75 Å². The highest BCUT2D eigenvalue weighted by Gasteiger charge is 2.22. The molecule has 1 fully saturated rings. The molecule has 8 heteroatoms. The summed E-state index contributed by atoms with van der Waals surface area (Å²) in [7, 11) is 3.49. The first-order valence-corrected chi connectivity index (χ1v) is 9.43. The first-order chi connectivity index (χ1) is 12.6. The van der Waals surface area contributed by atoms with E-state index in [-0.39, 0.29) is 5.91 Å². The van der Waals surface area contributed by atoms with Gasteiger partial charge >= 0.3 is 0 Å². The summed E-state index contributed by atoms with van der Waals surface area (Å²) in [6, 6.07) is 5.97. The van der Waals surface area contributed by atoms with Crippen molar-refractivity contribution in [2.45, 2.75) is 6.42 Å². The molecule has 2 aromatic heterocycles. The first-order valence-electron chi connectivity index (χ1n) is 8.61. The highest BCUT2D eigenvalue weighted by Crippen LogP contribution is 2.31. The van der Waals surface area contributed by atoms with E-state index in [1.54, 1.807) is 35.5 Å². The zero-order valence-corrected chi connectivity index (χ0v) is 15.7. The van der Waals surface area contributed by atoms with E-state index in [4.69, 9.17) is 9.72 Å². The van der Waals surface area contributed by atoms with Gasteiger partial charge in [-0.3, -0.25) is 9.48 Å². The second kappa shape index (κ2) is 6.95. The summed E-state index contributed by atoms with van der Waals surface area (Å²) in [5, 5.41) is 5.10. The van der Waals surface area contributed by atoms with Gasteiger partial charge in [0.2, 0.25) is 0 Å². The summed E-state index contributed by atoms with van der Waals surface area (Å²) < 4.78 is 8.09. The molecule has 136 valence electrons. The molecule has 4 rings (SSSR count). The molecule has 0 N–H and O–H groups in total. The molecule has 7 nitrogen and oxygen atoms in total. The number of aromatic nitrogens is 3. The second-order valence-corrected chi connectivity index (χ2v) is 7.37. The van der Waals surface area contributed by atoms with Crippen molar-refractivity contribution in [3.8, 4) is 5.75 Å². The number of thiazole rings is 1. The molecule has 26 heavy (non-hydrogen) atoms. The minimum atomic E-state index is 0.0500. The minimum Gasteiger partial charge on any atom is -0.497 e. The summed E-state index contributed by atoms with van der Waals surface area (Å²) in [5.41, 5.74) is 1.60. The number of anilines is 1. The summed E-state index contributed by atoms with van der Waals surface area (Å²) in [4.78, 5) is 21.6. The molecule has 3 heterocycles. The Balaban J connectivity index is 1.49. The fraction of sp³-hybridized carbons (Fsp3) is 0.389. The van der Waals surface area contributed by atoms with E-state index in [0.717, 1.165) is 47.2 Å². The highest BCUT2D eigenvalue weighted by molar-refractivity contribution is 7.22. The van der Waals surface area contributed by atoms with Crippen LogP contribution in [-0.2, 0) is 7.05 Å². The zero-order chi connectivity index (χ0) is 18.1. The third-order valence-corrected chi connectivity index (χ3v) is 5.69. The number of nitrogens with zero attached hydrogens (tertiary/aromatic N) is 5. The predicted molar refractivity (Wildman–Crippen MR) is 102 cm³/mol. The van der Waals surface area contributed by atoms with E-state index in [1.807, 2.05) is 30.1 Å². The van der Waals surface area contributed by atoms with E-state index >= 15 is 0 Å². The van der Waals surface area contributed by atoms with Gasteiger partial charge in [0.05, 0.1) is 29.1 Å². The van der Waals surface area contributed by atoms with Crippen molar-refractivity contribution in [3.05, 3.63) is 36.2 Å². The standard InChI is InChI=1S/C18H21N5O2S/c1-21-12-13(11-19-21)17(24)22-6-3-7-23(9-8-22)18-20-15-10-14(25-2)4-5-16(15)26-18/h4-5,10-12H,3,6-9H2,1-2H3. The van der Waals surface area contributed by atoms with Crippen molar-refractivity contribution in [2.75, 3.05) is 38.2 Å². The normalized spacial score (nSPS) is 15.3. The minimum absolute atomic E-state index is 0.0500. The van der Waals surface area contributed by atoms with E-state index in [1.165, 1.54) is 0 Å². The van der Waals surface area contributed by atoms with Crippen molar-refractivity contribution >= 4 is 32.6 Å². The molecule has 0 spiro atoms. The van der Waals surface area contributed by atoms with Crippen LogP contribution in [0.1, 0.15) is 16.8 Å². The number of fused-ring (bicyclic) bond motifs is 1. The lowest BCUT2D eigenvalue weighted by Crippen LogP contribution is -2.35. The molecule has 0 saturated carbocycles. The summed E-state index contributed by atoms with van der Waals surface area (Å²) >= 11 is 1.68. The SMILES string of the molecule is COc1ccc2sc(N3CCCN(C(=O)c4cnn(C)c4)CC3)nc2c1. The van der Waals surface area contributed by atoms with E-state index in [0.29, 0.717) is 12.1 Å². The van der Waals surface area contributed by atoms with Gasteiger partial charge < -0.3 is 14.5 Å². The highest BCUT2D eigenvalue weighted by atomic mass is 32.1. The number of carbonyl (C=O) groups is 1. The number of carbonyl (C=O) groups excluding carboxylic acids is 1. The fourth-order valence-electron chi connectivity index (χ4n) is 3.18. The Morgan fingerprint density at radius 1 is 1.23 bits per heavy atom. The van der Waals surface area contributed by atoms with Gasteiger partial charge in [-0.05, 0) is 18.6 Å². The second-order valence-electron chi connectivity index (χ2n) is 6.37. The van der Waals surface area contributed by atoms with Crippen LogP contribution in [0.3, 0.4) is 0 Å². The molecule has 0 aliphatic carbocycles. The summed E-state index contributed by atoms with van der Waals surface area (Å²) in [6.07, 6.45) is 4.32. The maximum absolute atomic E-state index is 12.6. The molecule has 0 atom stereocenters. The van der Waals surface area contributed by atoms with Gasteiger partial charge in [0, 0.05) is 45.5 Å². The predicted octanol–water partition coefficient (Wildman–Crippen LogP) is 2.39. The van der Waals surface area contributed by atoms with Crippen LogP contribution in [0.4, 0.5) is 5.13 Å². The van der Waals surface area contributed by atoms with Gasteiger partial charge in [0.25, 0.3) is 5.91 Å². The molecular formula is C18H21N5O2S. The molecule has 0 bridgehead atoms. The summed E-state index contributed by atoms with van der Waals surface area (Å²) in [5.74, 6) is 0.868. The Kier molecular flexibility index (Phi) is 4.50. The maximum Gasteiger partial charge on any atom is 0.257 e. The lowest BCUT2D eigenvalue weighted by atomic mass is 10.3. The molecule has 1 amide bonds. The van der Waals surface area contributed by atoms with Crippen molar-refractivity contribution in [1.82, 2.24) is 19.7 Å². The number of rotatable bonds is 3. The lowest BCUT2D eigenvalue weighted by Gasteiger charge is -2.21. The van der Waals surface area contributed by atoms with Crippen molar-refractivity contribution in [3.63, 3.8) is 0 Å². The van der Waals surface area contributed by atoms with E-state index in [2.05, 4.69) is 10.00 Å². The van der Waals surface area contributed by atoms with Crippen LogP contribution in [-0.4, -0.2) is 58.9 Å². The summed E-state index contributed by atoms with van der Waals surface area (Å²) in [6.45, 7) is 3.12. The van der Waals surface area contributed by atoms with Crippen molar-refractivity contribution in [2.24, 2.45) is 7.05 Å². The molecule has 1 aliphatic heterocycles. The van der Waals surface area contributed by atoms with Crippen LogP contribution in [0.25, 0.3) is 10.2 Å². The smallest absolute Gasteiger partial charge is 0.257 e. The Bertz CT molecular complexity index is 935. The van der Waals surface area contributed by atoms with Crippen LogP contribution in [0.15, 0.2) is 30.6 Å². The quantitative estimate of drug-likeness (QED) is 0.707. The number of methoxy groups -OCH3 is 1. The van der Waals surface area contributed by atoms with Crippen LogP contribution < -0.4 is 9.64 Å². The number of ether oxygens (including phenoxy) is 1. The van der Waals surface area contributed by atoms with Crippen molar-refractivity contribution < 1.29 is 9.53 Å². The van der Waals surface area contributed by atoms with Crippen LogP contribution in [0.5, 0.6) is 5.75 Å².